The van der Waals surface area contributed by atoms with Gasteiger partial charge in [-0.25, -0.2) is 9.78 Å². The summed E-state index contributed by atoms with van der Waals surface area (Å²) in [5.74, 6) is 2.46. The lowest BCUT2D eigenvalue weighted by molar-refractivity contribution is 0.1000. The first-order valence-corrected chi connectivity index (χ1v) is 11.8. The van der Waals surface area contributed by atoms with E-state index in [1.54, 1.807) is 11.9 Å². The maximum atomic E-state index is 12.4. The quantitative estimate of drug-likeness (QED) is 0.503. The molecule has 176 valence electrons. The summed E-state index contributed by atoms with van der Waals surface area (Å²) in [5, 5.41) is 4.08. The van der Waals surface area contributed by atoms with E-state index >= 15 is 0 Å². The Hall–Kier alpha value is -2.57. The van der Waals surface area contributed by atoms with Gasteiger partial charge in [0.1, 0.15) is 18.1 Å². The van der Waals surface area contributed by atoms with E-state index in [0.29, 0.717) is 35.5 Å². The Morgan fingerprint density at radius 2 is 2.06 bits per heavy atom. The first-order valence-electron chi connectivity index (χ1n) is 11.8. The molecule has 1 saturated carbocycles. The highest BCUT2D eigenvalue weighted by atomic mass is 16.6. The molecule has 1 fully saturated rings. The van der Waals surface area contributed by atoms with Crippen LogP contribution in [0.5, 0.6) is 5.75 Å². The van der Waals surface area contributed by atoms with Crippen LogP contribution in [-0.4, -0.2) is 40.8 Å². The Labute approximate surface area is 191 Å². The third-order valence-electron chi connectivity index (χ3n) is 6.37. The molecule has 7 heteroatoms. The highest BCUT2D eigenvalue weighted by Crippen LogP contribution is 2.31. The smallest absolute Gasteiger partial charge is 0.409 e. The van der Waals surface area contributed by atoms with Gasteiger partial charge in [0.05, 0.1) is 23.1 Å². The Morgan fingerprint density at radius 3 is 2.75 bits per heavy atom. The van der Waals surface area contributed by atoms with E-state index in [0.717, 1.165) is 36.3 Å². The summed E-state index contributed by atoms with van der Waals surface area (Å²) in [6.07, 6.45) is 5.57. The fourth-order valence-electron chi connectivity index (χ4n) is 4.14. The van der Waals surface area contributed by atoms with Crippen molar-refractivity contribution < 1.29 is 18.8 Å². The van der Waals surface area contributed by atoms with Gasteiger partial charge in [-0.3, -0.25) is 0 Å². The molecule has 0 bridgehead atoms. The van der Waals surface area contributed by atoms with Crippen molar-refractivity contribution in [1.82, 2.24) is 15.0 Å². The fraction of sp³-hybridized carbons (Fsp3) is 0.640. The van der Waals surface area contributed by atoms with Gasteiger partial charge in [0.2, 0.25) is 0 Å². The van der Waals surface area contributed by atoms with Crippen LogP contribution in [0.1, 0.15) is 69.8 Å². The first kappa shape index (κ1) is 24.1. The standard InChI is InChI=1S/C25H37N3O4/c1-7-16(2)14-28(6)25(29)30-15-21-18(4)27-32-24(21)22-11-12-23(19(5)26-22)31-20-10-8-9-17(3)13-20/h11-12,16-17,20H,7-10,13-15H2,1-6H3/t16-,17-,20-/m0/s1. The minimum Gasteiger partial charge on any atom is -0.489 e. The van der Waals surface area contributed by atoms with Crippen LogP contribution >= 0.6 is 0 Å². The van der Waals surface area contributed by atoms with Crippen LogP contribution in [0.15, 0.2) is 16.7 Å². The molecule has 2 aromatic heterocycles. The van der Waals surface area contributed by atoms with Crippen LogP contribution in [0.3, 0.4) is 0 Å². The molecular weight excluding hydrogens is 406 g/mol. The largest absolute Gasteiger partial charge is 0.489 e. The van der Waals surface area contributed by atoms with Crippen molar-refractivity contribution in [2.75, 3.05) is 13.6 Å². The van der Waals surface area contributed by atoms with Gasteiger partial charge in [-0.1, -0.05) is 38.8 Å². The zero-order valence-corrected chi connectivity index (χ0v) is 20.3. The normalized spacial score (nSPS) is 19.4. The van der Waals surface area contributed by atoms with Gasteiger partial charge in [-0.2, -0.15) is 0 Å². The molecule has 2 heterocycles. The molecule has 0 N–H and O–H groups in total. The van der Waals surface area contributed by atoms with Gasteiger partial charge < -0.3 is 18.9 Å². The second kappa shape index (κ2) is 10.8. The van der Waals surface area contributed by atoms with Crippen LogP contribution in [0.4, 0.5) is 4.79 Å². The number of carbonyl (C=O) groups is 1. The highest BCUT2D eigenvalue weighted by molar-refractivity contribution is 5.67. The van der Waals surface area contributed by atoms with E-state index in [4.69, 9.17) is 19.0 Å². The molecule has 1 aliphatic rings. The van der Waals surface area contributed by atoms with Crippen LogP contribution < -0.4 is 4.74 Å². The van der Waals surface area contributed by atoms with E-state index < -0.39 is 0 Å². The molecule has 0 unspecified atom stereocenters. The molecule has 3 rings (SSSR count). The van der Waals surface area contributed by atoms with Crippen molar-refractivity contribution in [3.8, 4) is 17.2 Å². The number of aromatic nitrogens is 2. The number of hydrogen-bond donors (Lipinski definition) is 0. The first-order chi connectivity index (χ1) is 15.3. The van der Waals surface area contributed by atoms with Gasteiger partial charge >= 0.3 is 6.09 Å². The van der Waals surface area contributed by atoms with Crippen molar-refractivity contribution in [1.29, 1.82) is 0 Å². The summed E-state index contributed by atoms with van der Waals surface area (Å²) in [7, 11) is 1.76. The van der Waals surface area contributed by atoms with Gasteiger partial charge in [0, 0.05) is 13.6 Å². The Bertz CT molecular complexity index is 911. The van der Waals surface area contributed by atoms with Crippen molar-refractivity contribution in [3.63, 3.8) is 0 Å². The van der Waals surface area contributed by atoms with E-state index in [1.807, 2.05) is 26.0 Å². The minimum atomic E-state index is -0.355. The zero-order valence-electron chi connectivity index (χ0n) is 20.3. The highest BCUT2D eigenvalue weighted by Gasteiger charge is 2.23. The number of carbonyl (C=O) groups excluding carboxylic acids is 1. The number of amides is 1. The lowest BCUT2D eigenvalue weighted by Gasteiger charge is -2.27. The molecule has 32 heavy (non-hydrogen) atoms. The van der Waals surface area contributed by atoms with Gasteiger partial charge in [0.25, 0.3) is 0 Å². The molecule has 1 aliphatic carbocycles. The predicted octanol–water partition coefficient (Wildman–Crippen LogP) is 5.93. The summed E-state index contributed by atoms with van der Waals surface area (Å²) in [6, 6.07) is 3.83. The lowest BCUT2D eigenvalue weighted by atomic mass is 9.89. The fourth-order valence-corrected chi connectivity index (χ4v) is 4.14. The number of ether oxygens (including phenoxy) is 2. The van der Waals surface area contributed by atoms with Gasteiger partial charge in [-0.15, -0.1) is 0 Å². The maximum absolute atomic E-state index is 12.4. The third kappa shape index (κ3) is 6.02. The molecular formula is C25H37N3O4. The van der Waals surface area contributed by atoms with Crippen molar-refractivity contribution in [3.05, 3.63) is 29.1 Å². The summed E-state index contributed by atoms with van der Waals surface area (Å²) in [6.45, 7) is 11.0. The van der Waals surface area contributed by atoms with Crippen LogP contribution in [0.2, 0.25) is 0 Å². The second-order valence-electron chi connectivity index (χ2n) is 9.32. The average molecular weight is 444 g/mol. The molecule has 0 aromatic carbocycles. The summed E-state index contributed by atoms with van der Waals surface area (Å²) >= 11 is 0. The SMILES string of the molecule is CC[C@H](C)CN(C)C(=O)OCc1c(C)noc1-c1ccc(O[C@H]2CCC[C@H](C)C2)c(C)n1. The predicted molar refractivity (Wildman–Crippen MR) is 124 cm³/mol. The summed E-state index contributed by atoms with van der Waals surface area (Å²) in [5.41, 5.74) is 2.89. The molecule has 0 spiro atoms. The molecule has 0 aliphatic heterocycles. The number of rotatable bonds is 8. The number of hydrogen-bond acceptors (Lipinski definition) is 6. The Balaban J connectivity index is 1.68. The minimum absolute atomic E-state index is 0.0906. The Kier molecular flexibility index (Phi) is 8.15. The van der Waals surface area contributed by atoms with Gasteiger partial charge in [-0.05, 0) is 57.1 Å². The van der Waals surface area contributed by atoms with E-state index in [1.165, 1.54) is 12.8 Å². The third-order valence-corrected chi connectivity index (χ3v) is 6.37. The van der Waals surface area contributed by atoms with Crippen LogP contribution in [0.25, 0.3) is 11.5 Å². The van der Waals surface area contributed by atoms with Crippen LogP contribution in [0, 0.1) is 25.7 Å². The number of aryl methyl sites for hydroxylation is 2. The Morgan fingerprint density at radius 1 is 1.28 bits per heavy atom. The number of nitrogens with zero attached hydrogens (tertiary/aromatic N) is 3. The van der Waals surface area contributed by atoms with E-state index in [9.17, 15) is 4.79 Å². The summed E-state index contributed by atoms with van der Waals surface area (Å²) < 4.78 is 17.3. The topological polar surface area (TPSA) is 77.7 Å². The molecule has 3 atom stereocenters. The van der Waals surface area contributed by atoms with Crippen molar-refractivity contribution in [2.24, 2.45) is 11.8 Å². The second-order valence-corrected chi connectivity index (χ2v) is 9.32. The van der Waals surface area contributed by atoms with E-state index in [2.05, 4.69) is 25.9 Å². The van der Waals surface area contributed by atoms with Crippen molar-refractivity contribution in [2.45, 2.75) is 79.4 Å². The van der Waals surface area contributed by atoms with Crippen LogP contribution in [-0.2, 0) is 11.3 Å². The molecule has 0 radical (unpaired) electrons. The average Bonchev–Trinajstić information content (AvgIpc) is 3.13. The van der Waals surface area contributed by atoms with Gasteiger partial charge in [0.15, 0.2) is 5.76 Å². The van der Waals surface area contributed by atoms with Crippen molar-refractivity contribution >= 4 is 6.09 Å². The molecule has 7 nitrogen and oxygen atoms in total. The monoisotopic (exact) mass is 443 g/mol. The molecule has 1 amide bonds. The number of pyridine rings is 1. The molecule has 0 saturated heterocycles. The summed E-state index contributed by atoms with van der Waals surface area (Å²) in [4.78, 5) is 18.7. The molecule has 2 aromatic rings. The lowest BCUT2D eigenvalue weighted by Crippen LogP contribution is -2.31. The maximum Gasteiger partial charge on any atom is 0.409 e. The van der Waals surface area contributed by atoms with E-state index in [-0.39, 0.29) is 18.8 Å². The zero-order chi connectivity index (χ0) is 23.3.